The van der Waals surface area contributed by atoms with Crippen LogP contribution in [0.15, 0.2) is 199 Å². The van der Waals surface area contributed by atoms with Crippen molar-refractivity contribution < 1.29 is 4.42 Å². The standard InChI is InChI=1S/C54H32N4O/c1-2-14-36(15-3-1)57-47-28-26-34(38-20-12-21-40-39-17-8-11-24-50(39)59-53(38)40)31-43(47)44-32-35(27-29-48(44)57)52-41-18-6-9-22-45(41)55-54(56-52)58-46-23-10-7-19-42(46)51-37-16-5-4-13-33(37)25-30-49(51)58/h1-32H. The van der Waals surface area contributed by atoms with Gasteiger partial charge in [-0.2, -0.15) is 0 Å². The number of aromatic nitrogens is 4. The molecule has 274 valence electrons. The van der Waals surface area contributed by atoms with Crippen LogP contribution in [0, 0.1) is 0 Å². The molecule has 0 spiro atoms. The van der Waals surface area contributed by atoms with E-state index in [1.165, 1.54) is 21.5 Å². The van der Waals surface area contributed by atoms with Crippen LogP contribution in [-0.2, 0) is 0 Å². The lowest BCUT2D eigenvalue weighted by molar-refractivity contribution is 0.670. The summed E-state index contributed by atoms with van der Waals surface area (Å²) in [5.41, 5.74) is 12.3. The summed E-state index contributed by atoms with van der Waals surface area (Å²) in [5, 5.41) is 10.4. The van der Waals surface area contributed by atoms with E-state index in [9.17, 15) is 0 Å². The molecular weight excluding hydrogens is 721 g/mol. The first-order chi connectivity index (χ1) is 29.3. The van der Waals surface area contributed by atoms with Crippen molar-refractivity contribution in [1.82, 2.24) is 19.1 Å². The van der Waals surface area contributed by atoms with E-state index < -0.39 is 0 Å². The van der Waals surface area contributed by atoms with Crippen LogP contribution in [0.5, 0.6) is 0 Å². The Morgan fingerprint density at radius 1 is 0.390 bits per heavy atom. The van der Waals surface area contributed by atoms with Crippen LogP contribution in [0.25, 0.3) is 121 Å². The Labute approximate surface area is 337 Å². The fraction of sp³-hybridized carbons (Fsp3) is 0. The van der Waals surface area contributed by atoms with E-state index in [2.05, 4.69) is 191 Å². The fourth-order valence-corrected chi connectivity index (χ4v) is 9.51. The van der Waals surface area contributed by atoms with E-state index in [1.807, 2.05) is 12.1 Å². The van der Waals surface area contributed by atoms with Gasteiger partial charge >= 0.3 is 0 Å². The molecule has 0 radical (unpaired) electrons. The van der Waals surface area contributed by atoms with E-state index in [0.717, 1.165) is 93.8 Å². The Hall–Kier alpha value is -8.02. The van der Waals surface area contributed by atoms with E-state index in [1.54, 1.807) is 0 Å². The Morgan fingerprint density at radius 2 is 1.03 bits per heavy atom. The Morgan fingerprint density at radius 3 is 1.90 bits per heavy atom. The van der Waals surface area contributed by atoms with Crippen molar-refractivity contribution in [2.24, 2.45) is 0 Å². The molecule has 0 saturated heterocycles. The molecule has 0 atom stereocenters. The minimum absolute atomic E-state index is 0.646. The highest BCUT2D eigenvalue weighted by Gasteiger charge is 2.21. The third-order valence-electron chi connectivity index (χ3n) is 12.1. The number of furan rings is 1. The van der Waals surface area contributed by atoms with Crippen LogP contribution in [0.3, 0.4) is 0 Å². The van der Waals surface area contributed by atoms with Gasteiger partial charge in [0.05, 0.1) is 33.3 Å². The molecule has 0 amide bonds. The first-order valence-corrected chi connectivity index (χ1v) is 20.0. The second kappa shape index (κ2) is 12.2. The van der Waals surface area contributed by atoms with E-state index in [0.29, 0.717) is 5.95 Å². The molecule has 0 aliphatic carbocycles. The van der Waals surface area contributed by atoms with Crippen molar-refractivity contribution in [3.05, 3.63) is 194 Å². The van der Waals surface area contributed by atoms with Crippen LogP contribution >= 0.6 is 0 Å². The van der Waals surface area contributed by atoms with Gasteiger partial charge in [0.15, 0.2) is 0 Å². The topological polar surface area (TPSA) is 48.8 Å². The number of fused-ring (bicyclic) bond motifs is 12. The number of hydrogen-bond donors (Lipinski definition) is 0. The molecule has 4 heterocycles. The monoisotopic (exact) mass is 752 g/mol. The first kappa shape index (κ1) is 32.1. The maximum absolute atomic E-state index is 6.52. The highest BCUT2D eigenvalue weighted by molar-refractivity contribution is 6.21. The van der Waals surface area contributed by atoms with Gasteiger partial charge in [-0.25, -0.2) is 9.97 Å². The van der Waals surface area contributed by atoms with Gasteiger partial charge in [0, 0.05) is 54.5 Å². The van der Waals surface area contributed by atoms with Crippen LogP contribution in [0.2, 0.25) is 0 Å². The number of nitrogens with zero attached hydrogens (tertiary/aromatic N) is 4. The average molecular weight is 753 g/mol. The van der Waals surface area contributed by atoms with Gasteiger partial charge in [-0.3, -0.25) is 4.57 Å². The largest absolute Gasteiger partial charge is 0.455 e. The molecule has 4 aromatic heterocycles. The zero-order valence-corrected chi connectivity index (χ0v) is 31.7. The van der Waals surface area contributed by atoms with Gasteiger partial charge in [-0.15, -0.1) is 0 Å². The van der Waals surface area contributed by atoms with Crippen molar-refractivity contribution in [3.8, 4) is 34.0 Å². The summed E-state index contributed by atoms with van der Waals surface area (Å²) in [5.74, 6) is 0.646. The van der Waals surface area contributed by atoms with Crippen molar-refractivity contribution in [1.29, 1.82) is 0 Å². The Balaban J connectivity index is 1.07. The number of para-hydroxylation sites is 5. The zero-order chi connectivity index (χ0) is 38.6. The predicted molar refractivity (Wildman–Crippen MR) is 244 cm³/mol. The van der Waals surface area contributed by atoms with Crippen LogP contribution in [0.4, 0.5) is 0 Å². The predicted octanol–water partition coefficient (Wildman–Crippen LogP) is 14.2. The molecule has 0 aliphatic heterocycles. The van der Waals surface area contributed by atoms with Crippen molar-refractivity contribution in [3.63, 3.8) is 0 Å². The van der Waals surface area contributed by atoms with Gasteiger partial charge in [0.25, 0.3) is 0 Å². The van der Waals surface area contributed by atoms with E-state index in [4.69, 9.17) is 14.4 Å². The van der Waals surface area contributed by atoms with E-state index >= 15 is 0 Å². The molecule has 9 aromatic carbocycles. The first-order valence-electron chi connectivity index (χ1n) is 20.0. The SMILES string of the molecule is c1ccc(-n2c3ccc(-c4nc(-n5c6ccccc6c6c7ccccc7ccc65)nc5ccccc45)cc3c3cc(-c4cccc5c4oc4ccccc45)ccc32)cc1. The summed E-state index contributed by atoms with van der Waals surface area (Å²) in [6.45, 7) is 0. The summed E-state index contributed by atoms with van der Waals surface area (Å²) in [7, 11) is 0. The molecule has 13 rings (SSSR count). The molecule has 0 aliphatic rings. The molecular formula is C54H32N4O. The van der Waals surface area contributed by atoms with Gasteiger partial charge < -0.3 is 8.98 Å². The summed E-state index contributed by atoms with van der Waals surface area (Å²) >= 11 is 0. The molecule has 13 aromatic rings. The highest BCUT2D eigenvalue weighted by atomic mass is 16.3. The quantitative estimate of drug-likeness (QED) is 0.180. The zero-order valence-electron chi connectivity index (χ0n) is 31.7. The summed E-state index contributed by atoms with van der Waals surface area (Å²) in [4.78, 5) is 10.8. The van der Waals surface area contributed by atoms with Crippen LogP contribution in [0.1, 0.15) is 0 Å². The normalized spacial score (nSPS) is 12.1. The number of hydrogen-bond acceptors (Lipinski definition) is 3. The van der Waals surface area contributed by atoms with Crippen molar-refractivity contribution in [2.45, 2.75) is 0 Å². The van der Waals surface area contributed by atoms with Crippen molar-refractivity contribution >= 4 is 87.2 Å². The van der Waals surface area contributed by atoms with Crippen LogP contribution in [-0.4, -0.2) is 19.1 Å². The minimum Gasteiger partial charge on any atom is -0.455 e. The van der Waals surface area contributed by atoms with Gasteiger partial charge in [0.1, 0.15) is 11.2 Å². The van der Waals surface area contributed by atoms with Gasteiger partial charge in [-0.1, -0.05) is 133 Å². The minimum atomic E-state index is 0.646. The van der Waals surface area contributed by atoms with Crippen molar-refractivity contribution in [2.75, 3.05) is 0 Å². The Bertz CT molecular complexity index is 3850. The molecule has 0 N–H and O–H groups in total. The maximum atomic E-state index is 6.52. The lowest BCUT2D eigenvalue weighted by Crippen LogP contribution is -2.03. The molecule has 0 fully saturated rings. The lowest BCUT2D eigenvalue weighted by atomic mass is 9.99. The average Bonchev–Trinajstić information content (AvgIpc) is 3.96. The highest BCUT2D eigenvalue weighted by Crippen LogP contribution is 2.42. The third-order valence-corrected chi connectivity index (χ3v) is 12.1. The smallest absolute Gasteiger partial charge is 0.235 e. The Kier molecular flexibility index (Phi) is 6.66. The maximum Gasteiger partial charge on any atom is 0.235 e. The number of benzene rings is 9. The molecule has 0 bridgehead atoms. The van der Waals surface area contributed by atoms with Crippen LogP contribution < -0.4 is 0 Å². The third kappa shape index (κ3) is 4.67. The fourth-order valence-electron chi connectivity index (χ4n) is 9.51. The summed E-state index contributed by atoms with van der Waals surface area (Å²) in [6, 6.07) is 68.9. The molecule has 0 saturated carbocycles. The molecule has 5 heteroatoms. The van der Waals surface area contributed by atoms with E-state index in [-0.39, 0.29) is 0 Å². The van der Waals surface area contributed by atoms with Gasteiger partial charge in [0.2, 0.25) is 5.95 Å². The number of rotatable bonds is 4. The summed E-state index contributed by atoms with van der Waals surface area (Å²) < 4.78 is 11.1. The summed E-state index contributed by atoms with van der Waals surface area (Å²) in [6.07, 6.45) is 0. The second-order valence-corrected chi connectivity index (χ2v) is 15.3. The molecule has 0 unspecified atom stereocenters. The lowest BCUT2D eigenvalue weighted by Gasteiger charge is -2.12. The second-order valence-electron chi connectivity index (χ2n) is 15.3. The molecule has 5 nitrogen and oxygen atoms in total. The molecule has 59 heavy (non-hydrogen) atoms. The van der Waals surface area contributed by atoms with Gasteiger partial charge in [-0.05, 0) is 77.0 Å².